The molecule has 0 radical (unpaired) electrons. The second-order valence-electron chi connectivity index (χ2n) is 6.60. The molecule has 0 heterocycles. The molecule has 20 heavy (non-hydrogen) atoms. The fourth-order valence-corrected chi connectivity index (χ4v) is 3.83. The average Bonchev–Trinajstić information content (AvgIpc) is 2.37. The van der Waals surface area contributed by atoms with E-state index in [2.05, 4.69) is 45.9 Å². The third-order valence-electron chi connectivity index (χ3n) is 4.59. The van der Waals surface area contributed by atoms with Gasteiger partial charge in [0, 0.05) is 6.61 Å². The summed E-state index contributed by atoms with van der Waals surface area (Å²) in [6.07, 6.45) is 4.68. The van der Waals surface area contributed by atoms with Gasteiger partial charge in [0.05, 0.1) is 11.6 Å². The van der Waals surface area contributed by atoms with Gasteiger partial charge in [-0.15, -0.1) is 0 Å². The summed E-state index contributed by atoms with van der Waals surface area (Å²) in [5, 5.41) is 0. The highest BCUT2D eigenvalue weighted by Crippen LogP contribution is 2.42. The maximum atomic E-state index is 6.67. The van der Waals surface area contributed by atoms with Crippen LogP contribution in [0.3, 0.4) is 0 Å². The summed E-state index contributed by atoms with van der Waals surface area (Å²) in [6.45, 7) is 9.42. The van der Waals surface area contributed by atoms with Gasteiger partial charge in [-0.3, -0.25) is 0 Å². The largest absolute Gasteiger partial charge is 0.373 e. The molecule has 1 aromatic rings. The Morgan fingerprint density at radius 1 is 1.30 bits per heavy atom. The number of ether oxygens (including phenoxy) is 1. The minimum absolute atomic E-state index is 0.0243. The summed E-state index contributed by atoms with van der Waals surface area (Å²) in [5.41, 5.74) is 10.3. The molecule has 2 rings (SSSR count). The number of aryl methyl sites for hydroxylation is 2. The first-order valence-corrected chi connectivity index (χ1v) is 7.94. The standard InChI is InChI=1S/C18H29NO/c1-5-20-18(8-6-7-13(2)12-18)17(19)16-10-14(3)9-15(4)11-16/h9-11,13,17H,5-8,12,19H2,1-4H3. The zero-order valence-electron chi connectivity index (χ0n) is 13.4. The lowest BCUT2D eigenvalue weighted by molar-refractivity contribution is -0.0938. The molecule has 3 atom stereocenters. The van der Waals surface area contributed by atoms with E-state index in [1.807, 2.05) is 0 Å². The zero-order chi connectivity index (χ0) is 14.8. The van der Waals surface area contributed by atoms with Gasteiger partial charge >= 0.3 is 0 Å². The number of benzene rings is 1. The number of hydrogen-bond donors (Lipinski definition) is 1. The Kier molecular flexibility index (Phi) is 4.87. The predicted molar refractivity (Wildman–Crippen MR) is 84.8 cm³/mol. The quantitative estimate of drug-likeness (QED) is 0.889. The molecule has 0 bridgehead atoms. The van der Waals surface area contributed by atoms with Crippen LogP contribution in [0.15, 0.2) is 18.2 Å². The van der Waals surface area contributed by atoms with Gasteiger partial charge in [-0.1, -0.05) is 49.1 Å². The SMILES string of the molecule is CCOC1(C(N)c2cc(C)cc(C)c2)CCCC(C)C1. The van der Waals surface area contributed by atoms with Crippen molar-refractivity contribution in [3.05, 3.63) is 34.9 Å². The van der Waals surface area contributed by atoms with Crippen LogP contribution in [0.1, 0.15) is 62.3 Å². The van der Waals surface area contributed by atoms with Gasteiger partial charge in [-0.25, -0.2) is 0 Å². The van der Waals surface area contributed by atoms with E-state index in [9.17, 15) is 0 Å². The summed E-state index contributed by atoms with van der Waals surface area (Å²) >= 11 is 0. The molecule has 0 amide bonds. The summed E-state index contributed by atoms with van der Waals surface area (Å²) in [4.78, 5) is 0. The van der Waals surface area contributed by atoms with Crippen molar-refractivity contribution >= 4 is 0 Å². The molecule has 112 valence electrons. The molecule has 2 nitrogen and oxygen atoms in total. The summed E-state index contributed by atoms with van der Waals surface area (Å²) in [6, 6.07) is 6.62. The van der Waals surface area contributed by atoms with Crippen LogP contribution in [-0.2, 0) is 4.74 Å². The van der Waals surface area contributed by atoms with Crippen molar-refractivity contribution in [3.8, 4) is 0 Å². The lowest BCUT2D eigenvalue weighted by Crippen LogP contribution is -2.47. The van der Waals surface area contributed by atoms with Crippen LogP contribution in [0, 0.1) is 19.8 Å². The highest BCUT2D eigenvalue weighted by molar-refractivity contribution is 5.32. The van der Waals surface area contributed by atoms with Gasteiger partial charge in [0.2, 0.25) is 0 Å². The molecule has 1 saturated carbocycles. The van der Waals surface area contributed by atoms with E-state index in [4.69, 9.17) is 10.5 Å². The maximum absolute atomic E-state index is 6.67. The van der Waals surface area contributed by atoms with Gasteiger partial charge in [0.1, 0.15) is 0 Å². The van der Waals surface area contributed by atoms with Gasteiger partial charge in [-0.05, 0) is 45.1 Å². The molecule has 1 aliphatic rings. The zero-order valence-corrected chi connectivity index (χ0v) is 13.4. The fourth-order valence-electron chi connectivity index (χ4n) is 3.83. The van der Waals surface area contributed by atoms with Crippen LogP contribution < -0.4 is 5.73 Å². The first-order valence-electron chi connectivity index (χ1n) is 7.94. The molecule has 3 unspecified atom stereocenters. The molecular weight excluding hydrogens is 246 g/mol. The maximum Gasteiger partial charge on any atom is 0.0876 e. The van der Waals surface area contributed by atoms with E-state index < -0.39 is 0 Å². The van der Waals surface area contributed by atoms with Gasteiger partial charge in [-0.2, -0.15) is 0 Å². The highest BCUT2D eigenvalue weighted by Gasteiger charge is 2.41. The highest BCUT2D eigenvalue weighted by atomic mass is 16.5. The van der Waals surface area contributed by atoms with Crippen LogP contribution in [-0.4, -0.2) is 12.2 Å². The second kappa shape index (κ2) is 6.28. The monoisotopic (exact) mass is 275 g/mol. The van der Waals surface area contributed by atoms with Crippen LogP contribution in [0.4, 0.5) is 0 Å². The van der Waals surface area contributed by atoms with Gasteiger partial charge in [0.25, 0.3) is 0 Å². The van der Waals surface area contributed by atoms with E-state index in [0.29, 0.717) is 5.92 Å². The van der Waals surface area contributed by atoms with Crippen molar-refractivity contribution in [1.29, 1.82) is 0 Å². The Morgan fingerprint density at radius 2 is 1.95 bits per heavy atom. The smallest absolute Gasteiger partial charge is 0.0876 e. The van der Waals surface area contributed by atoms with Crippen molar-refractivity contribution in [1.82, 2.24) is 0 Å². The van der Waals surface area contributed by atoms with Crippen LogP contribution in [0.25, 0.3) is 0 Å². The van der Waals surface area contributed by atoms with Crippen molar-refractivity contribution in [2.75, 3.05) is 6.61 Å². The number of hydrogen-bond acceptors (Lipinski definition) is 2. The Labute approximate surface area is 123 Å². The number of rotatable bonds is 4. The van der Waals surface area contributed by atoms with E-state index in [1.54, 1.807) is 0 Å². The van der Waals surface area contributed by atoms with Gasteiger partial charge < -0.3 is 10.5 Å². The van der Waals surface area contributed by atoms with Gasteiger partial charge in [0.15, 0.2) is 0 Å². The molecule has 0 aromatic heterocycles. The fraction of sp³-hybridized carbons (Fsp3) is 0.667. The number of nitrogens with two attached hydrogens (primary N) is 1. The molecule has 1 fully saturated rings. The topological polar surface area (TPSA) is 35.2 Å². The van der Waals surface area contributed by atoms with E-state index in [-0.39, 0.29) is 11.6 Å². The Bertz CT molecular complexity index is 432. The minimum Gasteiger partial charge on any atom is -0.373 e. The molecule has 1 aromatic carbocycles. The second-order valence-corrected chi connectivity index (χ2v) is 6.60. The lowest BCUT2D eigenvalue weighted by Gasteiger charge is -2.44. The summed E-state index contributed by atoms with van der Waals surface area (Å²) in [7, 11) is 0. The van der Waals surface area contributed by atoms with Crippen LogP contribution in [0.2, 0.25) is 0 Å². The molecule has 0 spiro atoms. The van der Waals surface area contributed by atoms with Crippen molar-refractivity contribution in [3.63, 3.8) is 0 Å². The first-order chi connectivity index (χ1) is 9.47. The van der Waals surface area contributed by atoms with Crippen LogP contribution in [0.5, 0.6) is 0 Å². The molecule has 0 saturated heterocycles. The molecule has 1 aliphatic carbocycles. The third kappa shape index (κ3) is 3.24. The van der Waals surface area contributed by atoms with E-state index in [0.717, 1.165) is 19.4 Å². The molecule has 0 aliphatic heterocycles. The molecular formula is C18H29NO. The van der Waals surface area contributed by atoms with E-state index in [1.165, 1.54) is 29.5 Å². The normalized spacial score (nSPS) is 28.4. The van der Waals surface area contributed by atoms with Crippen molar-refractivity contribution < 1.29 is 4.74 Å². The summed E-state index contributed by atoms with van der Waals surface area (Å²) < 4.78 is 6.21. The summed E-state index contributed by atoms with van der Waals surface area (Å²) in [5.74, 6) is 0.701. The molecule has 2 heteroatoms. The molecule has 2 N–H and O–H groups in total. The first kappa shape index (κ1) is 15.5. The third-order valence-corrected chi connectivity index (χ3v) is 4.59. The Balaban J connectivity index is 2.32. The average molecular weight is 275 g/mol. The predicted octanol–water partition coefficient (Wildman–Crippen LogP) is 4.29. The van der Waals surface area contributed by atoms with Crippen molar-refractivity contribution in [2.24, 2.45) is 11.7 Å². The van der Waals surface area contributed by atoms with Crippen LogP contribution >= 0.6 is 0 Å². The Hall–Kier alpha value is -0.860. The van der Waals surface area contributed by atoms with E-state index >= 15 is 0 Å². The Morgan fingerprint density at radius 3 is 2.50 bits per heavy atom. The van der Waals surface area contributed by atoms with Crippen molar-refractivity contribution in [2.45, 2.75) is 65.0 Å². The minimum atomic E-state index is -0.174. The lowest BCUT2D eigenvalue weighted by atomic mass is 9.72.